The largest absolute Gasteiger partial charge is 0.344 e. The van der Waals surface area contributed by atoms with Gasteiger partial charge in [-0.15, -0.1) is 15.3 Å². The van der Waals surface area contributed by atoms with Crippen molar-refractivity contribution >= 4 is 27.1 Å². The summed E-state index contributed by atoms with van der Waals surface area (Å²) in [4.78, 5) is 12.3. The number of rotatable bonds is 5. The van der Waals surface area contributed by atoms with Gasteiger partial charge in [0.05, 0.1) is 29.8 Å². The van der Waals surface area contributed by atoms with Gasteiger partial charge < -0.3 is 5.32 Å². The van der Waals surface area contributed by atoms with Gasteiger partial charge in [0.25, 0.3) is 5.91 Å². The third kappa shape index (κ3) is 3.60. The van der Waals surface area contributed by atoms with E-state index in [2.05, 4.69) is 25.8 Å². The van der Waals surface area contributed by atoms with Crippen LogP contribution in [0.1, 0.15) is 22.4 Å². The molecule has 1 aromatic carbocycles. The van der Waals surface area contributed by atoms with Crippen LogP contribution in [0.2, 0.25) is 0 Å². The van der Waals surface area contributed by atoms with Gasteiger partial charge in [-0.3, -0.25) is 4.79 Å². The van der Waals surface area contributed by atoms with Crippen LogP contribution < -0.4 is 5.32 Å². The molecule has 140 valence electrons. The first-order chi connectivity index (χ1) is 12.8. The zero-order valence-electron chi connectivity index (χ0n) is 14.4. The molecular weight excluding hydrogens is 388 g/mol. The van der Waals surface area contributed by atoms with E-state index in [4.69, 9.17) is 0 Å². The third-order valence-corrected chi connectivity index (χ3v) is 7.32. The summed E-state index contributed by atoms with van der Waals surface area (Å²) in [6.07, 6.45) is 1.47. The second-order valence-corrected chi connectivity index (χ2v) is 9.75. The molecule has 1 saturated heterocycles. The third-order valence-electron chi connectivity index (χ3n) is 4.23. The van der Waals surface area contributed by atoms with Crippen LogP contribution in [0, 0.1) is 0 Å². The summed E-state index contributed by atoms with van der Waals surface area (Å²) in [6.45, 7) is 2.00. The Hall–Kier alpha value is -2.66. The van der Waals surface area contributed by atoms with E-state index in [0.717, 1.165) is 10.6 Å². The first kappa shape index (κ1) is 17.7. The highest BCUT2D eigenvalue weighted by atomic mass is 32.2. The summed E-state index contributed by atoms with van der Waals surface area (Å²) < 4.78 is 24.3. The summed E-state index contributed by atoms with van der Waals surface area (Å²) >= 11 is 1.40. The van der Waals surface area contributed by atoms with Gasteiger partial charge in [0.1, 0.15) is 10.0 Å². The predicted molar refractivity (Wildman–Crippen MR) is 98.8 cm³/mol. The van der Waals surface area contributed by atoms with E-state index in [-0.39, 0.29) is 23.7 Å². The van der Waals surface area contributed by atoms with Crippen LogP contribution in [0.3, 0.4) is 0 Å². The zero-order chi connectivity index (χ0) is 19.1. The average molecular weight is 404 g/mol. The highest BCUT2D eigenvalue weighted by molar-refractivity contribution is 7.92. The molecule has 0 atom stereocenters. The van der Waals surface area contributed by atoms with Crippen LogP contribution in [0.15, 0.2) is 36.5 Å². The Morgan fingerprint density at radius 1 is 1.22 bits per heavy atom. The predicted octanol–water partition coefficient (Wildman–Crippen LogP) is 0.870. The Bertz CT molecular complexity index is 1080. The molecule has 1 N–H and O–H groups in total. The molecule has 27 heavy (non-hydrogen) atoms. The number of sulfone groups is 1. The SMILES string of the molecule is CC1(n2cc(C(=O)NCc3nnc(-c4ccccc4)s3)nn2)CS(=O)(=O)C1. The van der Waals surface area contributed by atoms with Gasteiger partial charge in [0.2, 0.25) is 0 Å². The minimum absolute atomic E-state index is 0.00251. The molecular formula is C16H16N6O3S2. The molecule has 11 heteroatoms. The first-order valence-corrected chi connectivity index (χ1v) is 10.8. The summed E-state index contributed by atoms with van der Waals surface area (Å²) in [5.74, 6) is -0.405. The number of nitrogens with zero attached hydrogens (tertiary/aromatic N) is 5. The van der Waals surface area contributed by atoms with Crippen LogP contribution in [-0.2, 0) is 21.9 Å². The molecule has 0 spiro atoms. The van der Waals surface area contributed by atoms with E-state index < -0.39 is 21.3 Å². The molecule has 1 fully saturated rings. The fourth-order valence-corrected chi connectivity index (χ4v) is 5.80. The Kier molecular flexibility index (Phi) is 4.27. The van der Waals surface area contributed by atoms with Crippen molar-refractivity contribution in [2.24, 2.45) is 0 Å². The zero-order valence-corrected chi connectivity index (χ0v) is 16.0. The lowest BCUT2D eigenvalue weighted by molar-refractivity contribution is 0.0945. The van der Waals surface area contributed by atoms with Gasteiger partial charge in [0.15, 0.2) is 15.5 Å². The Balaban J connectivity index is 1.39. The molecule has 0 saturated carbocycles. The normalized spacial score (nSPS) is 17.2. The van der Waals surface area contributed by atoms with Crippen molar-refractivity contribution in [3.05, 3.63) is 47.2 Å². The first-order valence-electron chi connectivity index (χ1n) is 8.14. The second kappa shape index (κ2) is 6.50. The number of hydrogen-bond acceptors (Lipinski definition) is 8. The Morgan fingerprint density at radius 2 is 1.96 bits per heavy atom. The molecule has 0 bridgehead atoms. The minimum atomic E-state index is -3.02. The average Bonchev–Trinajstić information content (AvgIpc) is 3.28. The van der Waals surface area contributed by atoms with E-state index in [1.165, 1.54) is 22.2 Å². The maximum atomic E-state index is 12.3. The molecule has 9 nitrogen and oxygen atoms in total. The summed E-state index contributed by atoms with van der Waals surface area (Å²) in [6, 6.07) is 9.67. The van der Waals surface area contributed by atoms with Crippen LogP contribution >= 0.6 is 11.3 Å². The van der Waals surface area contributed by atoms with E-state index in [1.54, 1.807) is 6.92 Å². The maximum Gasteiger partial charge on any atom is 0.273 e. The fraction of sp³-hybridized carbons (Fsp3) is 0.312. The Morgan fingerprint density at radius 3 is 2.67 bits per heavy atom. The van der Waals surface area contributed by atoms with E-state index in [9.17, 15) is 13.2 Å². The van der Waals surface area contributed by atoms with Crippen LogP contribution in [-0.4, -0.2) is 51.0 Å². The minimum Gasteiger partial charge on any atom is -0.344 e. The van der Waals surface area contributed by atoms with Crippen molar-refractivity contribution in [3.63, 3.8) is 0 Å². The lowest BCUT2D eigenvalue weighted by Gasteiger charge is -2.37. The van der Waals surface area contributed by atoms with E-state index in [0.29, 0.717) is 5.01 Å². The highest BCUT2D eigenvalue weighted by Crippen LogP contribution is 2.30. The van der Waals surface area contributed by atoms with Crippen molar-refractivity contribution in [2.75, 3.05) is 11.5 Å². The molecule has 0 unspecified atom stereocenters. The van der Waals surface area contributed by atoms with Crippen molar-refractivity contribution in [1.82, 2.24) is 30.5 Å². The number of nitrogens with one attached hydrogen (secondary N) is 1. The van der Waals surface area contributed by atoms with E-state index >= 15 is 0 Å². The summed E-state index contributed by atoms with van der Waals surface area (Å²) in [5, 5.41) is 20.2. The number of carbonyl (C=O) groups excluding carboxylic acids is 1. The number of carbonyl (C=O) groups is 1. The molecule has 1 amide bonds. The highest BCUT2D eigenvalue weighted by Gasteiger charge is 2.47. The summed E-state index contributed by atoms with van der Waals surface area (Å²) in [7, 11) is -3.02. The van der Waals surface area contributed by atoms with Crippen LogP contribution in [0.4, 0.5) is 0 Å². The van der Waals surface area contributed by atoms with Crippen LogP contribution in [0.25, 0.3) is 10.6 Å². The summed E-state index contributed by atoms with van der Waals surface area (Å²) in [5.41, 5.74) is 0.460. The molecule has 4 rings (SSSR count). The van der Waals surface area contributed by atoms with Crippen LogP contribution in [0.5, 0.6) is 0 Å². The molecule has 0 radical (unpaired) electrons. The molecule has 2 aromatic heterocycles. The van der Waals surface area contributed by atoms with Crippen molar-refractivity contribution < 1.29 is 13.2 Å². The van der Waals surface area contributed by atoms with Crippen molar-refractivity contribution in [2.45, 2.75) is 19.0 Å². The Labute approximate surface area is 159 Å². The van der Waals surface area contributed by atoms with E-state index in [1.807, 2.05) is 30.3 Å². The van der Waals surface area contributed by atoms with Gasteiger partial charge in [-0.2, -0.15) is 0 Å². The molecule has 0 aliphatic carbocycles. The molecule has 1 aliphatic heterocycles. The number of benzene rings is 1. The smallest absolute Gasteiger partial charge is 0.273 e. The van der Waals surface area contributed by atoms with Gasteiger partial charge in [0, 0.05) is 5.56 Å². The van der Waals surface area contributed by atoms with Gasteiger partial charge >= 0.3 is 0 Å². The molecule has 3 heterocycles. The number of amides is 1. The quantitative estimate of drug-likeness (QED) is 0.670. The monoisotopic (exact) mass is 404 g/mol. The topological polar surface area (TPSA) is 120 Å². The lowest BCUT2D eigenvalue weighted by Crippen LogP contribution is -2.54. The second-order valence-electron chi connectivity index (χ2n) is 6.63. The fourth-order valence-electron chi connectivity index (χ4n) is 2.94. The maximum absolute atomic E-state index is 12.3. The molecule has 3 aromatic rings. The number of aromatic nitrogens is 5. The van der Waals surface area contributed by atoms with Gasteiger partial charge in [-0.25, -0.2) is 13.1 Å². The lowest BCUT2D eigenvalue weighted by atomic mass is 10.1. The van der Waals surface area contributed by atoms with Crippen molar-refractivity contribution in [3.8, 4) is 10.6 Å². The standard InChI is InChI=1S/C16H16N6O3S2/c1-16(9-27(24,25)10-16)22-8-12(18-21-22)14(23)17-7-13-19-20-15(26-13)11-5-3-2-4-6-11/h2-6,8H,7,9-10H2,1H3,(H,17,23). The number of hydrogen-bond donors (Lipinski definition) is 1. The molecule has 1 aliphatic rings. The van der Waals surface area contributed by atoms with Gasteiger partial charge in [-0.1, -0.05) is 46.9 Å². The van der Waals surface area contributed by atoms with Crippen molar-refractivity contribution in [1.29, 1.82) is 0 Å². The van der Waals surface area contributed by atoms with Gasteiger partial charge in [-0.05, 0) is 6.92 Å².